The van der Waals surface area contributed by atoms with Crippen LogP contribution in [-0.2, 0) is 10.9 Å². The van der Waals surface area contributed by atoms with Crippen LogP contribution in [0.15, 0.2) is 36.4 Å². The minimum Gasteiger partial charge on any atom is -0.463 e. The van der Waals surface area contributed by atoms with Gasteiger partial charge in [0.1, 0.15) is 0 Å². The van der Waals surface area contributed by atoms with E-state index in [0.717, 1.165) is 13.2 Å². The molecule has 0 N–H and O–H groups in total. The maximum atomic E-state index is 13.3. The normalized spacial score (nSPS) is 11.7. The number of hydrogen-bond donors (Lipinski definition) is 0. The molecule has 0 amide bonds. The SMILES string of the molecule is COC(=O)c1nc2nc(-c3ccccc3)cc(C(F)(F)F)n2n1. The molecule has 0 saturated carbocycles. The fourth-order valence-electron chi connectivity index (χ4n) is 2.00. The first-order valence-corrected chi connectivity index (χ1v) is 6.39. The number of aromatic nitrogens is 4. The van der Waals surface area contributed by atoms with Gasteiger partial charge in [-0.2, -0.15) is 22.7 Å². The number of fused-ring (bicyclic) bond motifs is 1. The van der Waals surface area contributed by atoms with Gasteiger partial charge in [-0.25, -0.2) is 9.78 Å². The summed E-state index contributed by atoms with van der Waals surface area (Å²) < 4.78 is 44.7. The number of halogens is 3. The number of hydrogen-bond acceptors (Lipinski definition) is 5. The van der Waals surface area contributed by atoms with Gasteiger partial charge >= 0.3 is 12.1 Å². The van der Waals surface area contributed by atoms with Crippen LogP contribution in [0.5, 0.6) is 0 Å². The van der Waals surface area contributed by atoms with Gasteiger partial charge in [-0.15, -0.1) is 5.10 Å². The molecule has 3 rings (SSSR count). The molecule has 0 spiro atoms. The van der Waals surface area contributed by atoms with Crippen molar-refractivity contribution in [3.8, 4) is 11.3 Å². The van der Waals surface area contributed by atoms with Gasteiger partial charge in [0.25, 0.3) is 11.6 Å². The lowest BCUT2D eigenvalue weighted by atomic mass is 10.1. The summed E-state index contributed by atoms with van der Waals surface area (Å²) >= 11 is 0. The van der Waals surface area contributed by atoms with E-state index in [1.165, 1.54) is 0 Å². The van der Waals surface area contributed by atoms with Gasteiger partial charge in [-0.05, 0) is 6.07 Å². The molecule has 2 aromatic heterocycles. The molecule has 0 aliphatic heterocycles. The lowest BCUT2D eigenvalue weighted by molar-refractivity contribution is -0.142. The second-order valence-corrected chi connectivity index (χ2v) is 4.53. The number of esters is 1. The van der Waals surface area contributed by atoms with Crippen molar-refractivity contribution in [3.63, 3.8) is 0 Å². The van der Waals surface area contributed by atoms with E-state index in [-0.39, 0.29) is 11.5 Å². The third-order valence-electron chi connectivity index (χ3n) is 3.04. The van der Waals surface area contributed by atoms with E-state index >= 15 is 0 Å². The van der Waals surface area contributed by atoms with Crippen molar-refractivity contribution in [2.45, 2.75) is 6.18 Å². The van der Waals surface area contributed by atoms with Crippen molar-refractivity contribution >= 4 is 11.7 Å². The first-order chi connectivity index (χ1) is 10.9. The summed E-state index contributed by atoms with van der Waals surface area (Å²) in [5.74, 6) is -1.76. The number of ether oxygens (including phenoxy) is 1. The molecule has 0 unspecified atom stereocenters. The third kappa shape index (κ3) is 2.72. The first kappa shape index (κ1) is 14.9. The largest absolute Gasteiger partial charge is 0.463 e. The highest BCUT2D eigenvalue weighted by Crippen LogP contribution is 2.31. The Morgan fingerprint density at radius 2 is 1.87 bits per heavy atom. The monoisotopic (exact) mass is 322 g/mol. The molecule has 6 nitrogen and oxygen atoms in total. The number of carbonyl (C=O) groups excluding carboxylic acids is 1. The highest BCUT2D eigenvalue weighted by molar-refractivity contribution is 5.85. The minimum atomic E-state index is -4.69. The molecule has 0 aliphatic rings. The average molecular weight is 322 g/mol. The van der Waals surface area contributed by atoms with Crippen molar-refractivity contribution < 1.29 is 22.7 Å². The zero-order valence-corrected chi connectivity index (χ0v) is 11.7. The van der Waals surface area contributed by atoms with Gasteiger partial charge < -0.3 is 4.74 Å². The van der Waals surface area contributed by atoms with Crippen LogP contribution in [-0.4, -0.2) is 32.7 Å². The summed E-state index contributed by atoms with van der Waals surface area (Å²) in [6.07, 6.45) is -4.69. The number of carbonyl (C=O) groups is 1. The van der Waals surface area contributed by atoms with Gasteiger partial charge in [0.2, 0.25) is 0 Å². The molecule has 3 aromatic rings. The Bertz CT molecular complexity index is 875. The highest BCUT2D eigenvalue weighted by atomic mass is 19.4. The van der Waals surface area contributed by atoms with E-state index in [1.807, 2.05) is 0 Å². The standard InChI is InChI=1S/C14H9F3N4O2/c1-23-12(22)11-19-13-18-9(8-5-3-2-4-6-8)7-10(14(15,16)17)21(13)20-11/h2-7H,1H3. The number of benzene rings is 1. The molecule has 0 aliphatic carbocycles. The summed E-state index contributed by atoms with van der Waals surface area (Å²) in [6, 6.07) is 9.20. The Balaban J connectivity index is 2.27. The van der Waals surface area contributed by atoms with Crippen LogP contribution >= 0.6 is 0 Å². The Morgan fingerprint density at radius 1 is 1.17 bits per heavy atom. The van der Waals surface area contributed by atoms with Gasteiger partial charge in [0.05, 0.1) is 12.8 Å². The van der Waals surface area contributed by atoms with E-state index in [2.05, 4.69) is 19.8 Å². The van der Waals surface area contributed by atoms with Crippen LogP contribution in [0.2, 0.25) is 0 Å². The maximum absolute atomic E-state index is 13.3. The zero-order chi connectivity index (χ0) is 16.6. The molecule has 9 heteroatoms. The topological polar surface area (TPSA) is 69.4 Å². The van der Waals surface area contributed by atoms with Gasteiger partial charge in [0.15, 0.2) is 5.69 Å². The Hall–Kier alpha value is -2.97. The van der Waals surface area contributed by atoms with E-state index in [4.69, 9.17) is 0 Å². The van der Waals surface area contributed by atoms with E-state index < -0.39 is 23.7 Å². The quantitative estimate of drug-likeness (QED) is 0.678. The average Bonchev–Trinajstić information content (AvgIpc) is 2.96. The molecular weight excluding hydrogens is 313 g/mol. The Morgan fingerprint density at radius 3 is 2.48 bits per heavy atom. The van der Waals surface area contributed by atoms with Crippen LogP contribution in [0.1, 0.15) is 16.3 Å². The second-order valence-electron chi connectivity index (χ2n) is 4.53. The molecule has 0 radical (unpaired) electrons. The zero-order valence-electron chi connectivity index (χ0n) is 11.7. The van der Waals surface area contributed by atoms with E-state index in [1.54, 1.807) is 30.3 Å². The van der Waals surface area contributed by atoms with Gasteiger partial charge in [-0.1, -0.05) is 30.3 Å². The third-order valence-corrected chi connectivity index (χ3v) is 3.04. The smallest absolute Gasteiger partial charge is 0.433 e. The summed E-state index contributed by atoms with van der Waals surface area (Å²) in [5, 5.41) is 3.53. The maximum Gasteiger partial charge on any atom is 0.433 e. The lowest BCUT2D eigenvalue weighted by Crippen LogP contribution is -2.14. The van der Waals surface area contributed by atoms with Crippen molar-refractivity contribution in [2.24, 2.45) is 0 Å². The van der Waals surface area contributed by atoms with Crippen LogP contribution in [0.4, 0.5) is 13.2 Å². The summed E-state index contributed by atoms with van der Waals surface area (Å²) in [6.45, 7) is 0. The van der Waals surface area contributed by atoms with E-state index in [9.17, 15) is 18.0 Å². The van der Waals surface area contributed by atoms with Crippen LogP contribution in [0, 0.1) is 0 Å². The number of nitrogens with zero attached hydrogens (tertiary/aromatic N) is 4. The van der Waals surface area contributed by atoms with Crippen LogP contribution < -0.4 is 0 Å². The second kappa shape index (κ2) is 5.34. The lowest BCUT2D eigenvalue weighted by Gasteiger charge is -2.10. The molecule has 1 aromatic carbocycles. The Labute approximate surface area is 127 Å². The summed E-state index contributed by atoms with van der Waals surface area (Å²) in [7, 11) is 1.08. The number of alkyl halides is 3. The summed E-state index contributed by atoms with van der Waals surface area (Å²) in [5.41, 5.74) is -0.513. The fourth-order valence-corrected chi connectivity index (χ4v) is 2.00. The molecule has 2 heterocycles. The molecular formula is C14H9F3N4O2. The van der Waals surface area contributed by atoms with Crippen molar-refractivity contribution in [1.82, 2.24) is 19.6 Å². The van der Waals surface area contributed by atoms with Crippen molar-refractivity contribution in [3.05, 3.63) is 47.9 Å². The molecule has 0 atom stereocenters. The highest BCUT2D eigenvalue weighted by Gasteiger charge is 2.36. The molecule has 23 heavy (non-hydrogen) atoms. The number of rotatable bonds is 2. The van der Waals surface area contributed by atoms with Gasteiger partial charge in [-0.3, -0.25) is 0 Å². The molecule has 0 saturated heterocycles. The van der Waals surface area contributed by atoms with Crippen molar-refractivity contribution in [1.29, 1.82) is 0 Å². The van der Waals surface area contributed by atoms with Gasteiger partial charge in [0, 0.05) is 5.56 Å². The van der Waals surface area contributed by atoms with Crippen LogP contribution in [0.25, 0.3) is 17.0 Å². The predicted octanol–water partition coefficient (Wildman–Crippen LogP) is 2.60. The Kier molecular flexibility index (Phi) is 3.47. The fraction of sp³-hybridized carbons (Fsp3) is 0.143. The molecule has 0 fully saturated rings. The predicted molar refractivity (Wildman–Crippen MR) is 72.6 cm³/mol. The number of methoxy groups -OCH3 is 1. The first-order valence-electron chi connectivity index (χ1n) is 6.39. The summed E-state index contributed by atoms with van der Waals surface area (Å²) in [4.78, 5) is 19.2. The molecule has 118 valence electrons. The van der Waals surface area contributed by atoms with Crippen molar-refractivity contribution in [2.75, 3.05) is 7.11 Å². The minimum absolute atomic E-state index is 0.0780. The van der Waals surface area contributed by atoms with E-state index in [0.29, 0.717) is 10.1 Å². The van der Waals surface area contributed by atoms with Crippen LogP contribution in [0.3, 0.4) is 0 Å². The molecule has 0 bridgehead atoms.